The zero-order valence-corrected chi connectivity index (χ0v) is 22.3. The van der Waals surface area contributed by atoms with Crippen molar-refractivity contribution in [1.29, 1.82) is 0 Å². The van der Waals surface area contributed by atoms with E-state index >= 15 is 0 Å². The van der Waals surface area contributed by atoms with Crippen LogP contribution in [0, 0.1) is 0 Å². The van der Waals surface area contributed by atoms with E-state index < -0.39 is 11.9 Å². The van der Waals surface area contributed by atoms with Gasteiger partial charge in [0.1, 0.15) is 5.75 Å². The second kappa shape index (κ2) is 14.2. The quantitative estimate of drug-likeness (QED) is 0.496. The molecule has 9 nitrogen and oxygen atoms in total. The predicted molar refractivity (Wildman–Crippen MR) is 141 cm³/mol. The van der Waals surface area contributed by atoms with Crippen LogP contribution in [0.3, 0.4) is 0 Å². The number of ether oxygens (including phenoxy) is 1. The van der Waals surface area contributed by atoms with Crippen molar-refractivity contribution in [3.8, 4) is 5.75 Å². The van der Waals surface area contributed by atoms with Crippen LogP contribution in [-0.4, -0.2) is 94.3 Å². The number of benzene rings is 1. The van der Waals surface area contributed by atoms with Crippen molar-refractivity contribution in [3.05, 3.63) is 29.8 Å². The normalized spacial score (nSPS) is 19.6. The summed E-state index contributed by atoms with van der Waals surface area (Å²) in [5.41, 5.74) is 1.38. The lowest BCUT2D eigenvalue weighted by atomic mass is 9.88. The summed E-state index contributed by atoms with van der Waals surface area (Å²) in [5.74, 6) is -1.99. The van der Waals surface area contributed by atoms with Crippen molar-refractivity contribution in [3.63, 3.8) is 0 Å². The van der Waals surface area contributed by atoms with Gasteiger partial charge in [-0.2, -0.15) is 0 Å². The zero-order chi connectivity index (χ0) is 26.8. The molecule has 1 saturated carbocycles. The SMILES string of the molecule is CC(C)Oc1ccccc1C1CCN(CCCN2CCN(C3CCCCC3)C2=O)CC1.O=C(O)C(=O)O. The molecule has 1 aromatic rings. The number of urea groups is 1. The molecule has 0 unspecified atom stereocenters. The fourth-order valence-corrected chi connectivity index (χ4v) is 5.67. The van der Waals surface area contributed by atoms with E-state index in [0.717, 1.165) is 51.4 Å². The standard InChI is InChI=1S/C26H41N3O2.C2H2O4/c1-21(2)31-25-12-7-6-11-24(25)22-13-17-27(18-14-22)15-8-16-28-19-20-29(26(28)30)23-9-4-3-5-10-23;3-1(4)2(5)6/h6-7,11-12,21-23H,3-5,8-10,13-20H2,1-2H3;(H,3,4)(H,5,6). The van der Waals surface area contributed by atoms with Gasteiger partial charge in [-0.15, -0.1) is 0 Å². The van der Waals surface area contributed by atoms with Crippen molar-refractivity contribution in [1.82, 2.24) is 14.7 Å². The molecule has 37 heavy (non-hydrogen) atoms. The van der Waals surface area contributed by atoms with E-state index in [9.17, 15) is 4.79 Å². The summed E-state index contributed by atoms with van der Waals surface area (Å²) < 4.78 is 6.05. The number of hydrogen-bond donors (Lipinski definition) is 2. The first-order valence-corrected chi connectivity index (χ1v) is 13.8. The molecular weight excluding hydrogens is 474 g/mol. The molecule has 2 N–H and O–H groups in total. The van der Waals surface area contributed by atoms with Gasteiger partial charge in [0.15, 0.2) is 0 Å². The molecule has 0 spiro atoms. The minimum absolute atomic E-state index is 0.212. The van der Waals surface area contributed by atoms with Crippen molar-refractivity contribution in [2.75, 3.05) is 39.3 Å². The first-order chi connectivity index (χ1) is 17.8. The van der Waals surface area contributed by atoms with Crippen LogP contribution in [0.25, 0.3) is 0 Å². The molecule has 206 valence electrons. The van der Waals surface area contributed by atoms with Gasteiger partial charge in [-0.3, -0.25) is 0 Å². The van der Waals surface area contributed by atoms with E-state index in [1.165, 1.54) is 50.5 Å². The lowest BCUT2D eigenvalue weighted by molar-refractivity contribution is -0.159. The van der Waals surface area contributed by atoms with E-state index in [-0.39, 0.29) is 6.10 Å². The van der Waals surface area contributed by atoms with Crippen LogP contribution in [0.4, 0.5) is 4.79 Å². The molecule has 0 aromatic heterocycles. The van der Waals surface area contributed by atoms with E-state index in [4.69, 9.17) is 24.5 Å². The van der Waals surface area contributed by atoms with Crippen LogP contribution in [0.2, 0.25) is 0 Å². The molecule has 0 radical (unpaired) electrons. The highest BCUT2D eigenvalue weighted by molar-refractivity contribution is 6.27. The largest absolute Gasteiger partial charge is 0.491 e. The number of nitrogens with zero attached hydrogens (tertiary/aromatic N) is 3. The maximum atomic E-state index is 12.8. The van der Waals surface area contributed by atoms with E-state index in [1.807, 2.05) is 0 Å². The zero-order valence-electron chi connectivity index (χ0n) is 22.3. The molecule has 9 heteroatoms. The Kier molecular flexibility index (Phi) is 11.0. The van der Waals surface area contributed by atoms with E-state index in [1.54, 1.807) is 0 Å². The lowest BCUT2D eigenvalue weighted by Gasteiger charge is -2.33. The van der Waals surface area contributed by atoms with Crippen LogP contribution < -0.4 is 4.74 Å². The summed E-state index contributed by atoms with van der Waals surface area (Å²) in [6.45, 7) is 10.3. The predicted octanol–water partition coefficient (Wildman–Crippen LogP) is 4.27. The molecule has 2 aliphatic heterocycles. The molecule has 4 rings (SSSR count). The monoisotopic (exact) mass is 517 g/mol. The first-order valence-electron chi connectivity index (χ1n) is 13.8. The van der Waals surface area contributed by atoms with Gasteiger partial charge >= 0.3 is 18.0 Å². The highest BCUT2D eigenvalue weighted by Crippen LogP contribution is 2.34. The molecule has 2 amide bonds. The lowest BCUT2D eigenvalue weighted by Crippen LogP contribution is -2.41. The summed E-state index contributed by atoms with van der Waals surface area (Å²) >= 11 is 0. The number of carboxylic acids is 2. The van der Waals surface area contributed by atoms with Crippen molar-refractivity contribution < 1.29 is 29.3 Å². The Morgan fingerprint density at radius 3 is 2.19 bits per heavy atom. The molecule has 0 atom stereocenters. The Hall–Kier alpha value is -2.81. The number of carboxylic acid groups (broad SMARTS) is 2. The van der Waals surface area contributed by atoms with Gasteiger partial charge in [0, 0.05) is 25.7 Å². The van der Waals surface area contributed by atoms with Crippen LogP contribution in [0.1, 0.15) is 76.7 Å². The highest BCUT2D eigenvalue weighted by Gasteiger charge is 2.34. The number of amides is 2. The third kappa shape index (κ3) is 8.62. The van der Waals surface area contributed by atoms with Crippen LogP contribution in [-0.2, 0) is 9.59 Å². The number of carbonyl (C=O) groups is 3. The number of hydrogen-bond acceptors (Lipinski definition) is 5. The Balaban J connectivity index is 0.000000568. The van der Waals surface area contributed by atoms with Crippen molar-refractivity contribution >= 4 is 18.0 Å². The number of likely N-dealkylation sites (tertiary alicyclic amines) is 1. The van der Waals surface area contributed by atoms with Crippen LogP contribution >= 0.6 is 0 Å². The summed E-state index contributed by atoms with van der Waals surface area (Å²) in [6, 6.07) is 9.38. The Morgan fingerprint density at radius 1 is 0.919 bits per heavy atom. The molecule has 3 aliphatic rings. The van der Waals surface area contributed by atoms with Crippen LogP contribution in [0.5, 0.6) is 5.75 Å². The minimum atomic E-state index is -1.82. The topological polar surface area (TPSA) is 111 Å². The summed E-state index contributed by atoms with van der Waals surface area (Å²) in [4.78, 5) is 37.9. The Bertz CT molecular complexity index is 882. The molecule has 1 aliphatic carbocycles. The number of aliphatic carboxylic acids is 2. The third-order valence-electron chi connectivity index (χ3n) is 7.54. The molecule has 1 aromatic carbocycles. The smallest absolute Gasteiger partial charge is 0.414 e. The maximum Gasteiger partial charge on any atom is 0.414 e. The number of carbonyl (C=O) groups excluding carboxylic acids is 1. The van der Waals surface area contributed by atoms with Gasteiger partial charge in [0.2, 0.25) is 0 Å². The molecule has 3 fully saturated rings. The van der Waals surface area contributed by atoms with Gasteiger partial charge in [-0.05, 0) is 83.1 Å². The highest BCUT2D eigenvalue weighted by atomic mass is 16.5. The maximum absolute atomic E-state index is 12.8. The van der Waals surface area contributed by atoms with Crippen molar-refractivity contribution in [2.24, 2.45) is 0 Å². The minimum Gasteiger partial charge on any atom is -0.491 e. The van der Waals surface area contributed by atoms with Gasteiger partial charge in [-0.25, -0.2) is 14.4 Å². The van der Waals surface area contributed by atoms with Gasteiger partial charge in [0.25, 0.3) is 0 Å². The Labute approximate surface area is 220 Å². The van der Waals surface area contributed by atoms with Crippen LogP contribution in [0.15, 0.2) is 24.3 Å². The molecule has 0 bridgehead atoms. The number of rotatable bonds is 8. The average Bonchev–Trinajstić information content (AvgIpc) is 3.25. The second-order valence-corrected chi connectivity index (χ2v) is 10.5. The average molecular weight is 518 g/mol. The van der Waals surface area contributed by atoms with Crippen molar-refractivity contribution in [2.45, 2.75) is 83.3 Å². The summed E-state index contributed by atoms with van der Waals surface area (Å²) in [5, 5.41) is 14.8. The fraction of sp³-hybridized carbons (Fsp3) is 0.679. The number of para-hydroxylation sites is 1. The Morgan fingerprint density at radius 2 is 1.57 bits per heavy atom. The molecular formula is C28H43N3O6. The summed E-state index contributed by atoms with van der Waals surface area (Å²) in [7, 11) is 0. The van der Waals surface area contributed by atoms with E-state index in [0.29, 0.717) is 18.0 Å². The fourth-order valence-electron chi connectivity index (χ4n) is 5.67. The number of piperidine rings is 1. The first kappa shape index (κ1) is 28.8. The second-order valence-electron chi connectivity index (χ2n) is 10.5. The van der Waals surface area contributed by atoms with Gasteiger partial charge < -0.3 is 29.6 Å². The molecule has 2 heterocycles. The van der Waals surface area contributed by atoms with Gasteiger partial charge in [-0.1, -0.05) is 37.5 Å². The van der Waals surface area contributed by atoms with Gasteiger partial charge in [0.05, 0.1) is 6.10 Å². The third-order valence-corrected chi connectivity index (χ3v) is 7.54. The summed E-state index contributed by atoms with van der Waals surface area (Å²) in [6.07, 6.45) is 10.0. The van der Waals surface area contributed by atoms with E-state index in [2.05, 4.69) is 52.8 Å². The molecule has 2 saturated heterocycles.